The number of para-hydroxylation sites is 3. The summed E-state index contributed by atoms with van der Waals surface area (Å²) in [5.41, 5.74) is 3.25. The highest BCUT2D eigenvalue weighted by Crippen LogP contribution is 2.18. The third kappa shape index (κ3) is 3.01. The van der Waals surface area contributed by atoms with Crippen molar-refractivity contribution in [2.24, 2.45) is 0 Å². The zero-order valence-electron chi connectivity index (χ0n) is 14.4. The number of hydrogen-bond donors (Lipinski definition) is 2. The molecule has 0 saturated heterocycles. The summed E-state index contributed by atoms with van der Waals surface area (Å²) in [6, 6.07) is 15.0. The Balaban J connectivity index is 1.46. The summed E-state index contributed by atoms with van der Waals surface area (Å²) in [6.07, 6.45) is 2.15. The Bertz CT molecular complexity index is 1140. The number of oxazole rings is 1. The van der Waals surface area contributed by atoms with Crippen LogP contribution in [0.1, 0.15) is 12.5 Å². The minimum absolute atomic E-state index is 0.0805. The number of aromatic amines is 1. The van der Waals surface area contributed by atoms with E-state index >= 15 is 0 Å². The normalized spacial score (nSPS) is 12.5. The average Bonchev–Trinajstić information content (AvgIpc) is 3.16. The highest BCUT2D eigenvalue weighted by atomic mass is 16.4. The fourth-order valence-corrected chi connectivity index (χ4v) is 3.28. The van der Waals surface area contributed by atoms with E-state index in [0.29, 0.717) is 12.1 Å². The van der Waals surface area contributed by atoms with Crippen LogP contribution < -0.4 is 11.1 Å². The van der Waals surface area contributed by atoms with Crippen molar-refractivity contribution in [3.8, 4) is 0 Å². The van der Waals surface area contributed by atoms with E-state index in [-0.39, 0.29) is 18.4 Å². The highest BCUT2D eigenvalue weighted by molar-refractivity contribution is 5.88. The van der Waals surface area contributed by atoms with Crippen LogP contribution in [-0.2, 0) is 17.8 Å². The molecule has 0 spiro atoms. The van der Waals surface area contributed by atoms with Gasteiger partial charge in [0.1, 0.15) is 0 Å². The number of H-pyrrole nitrogens is 1. The van der Waals surface area contributed by atoms with Crippen molar-refractivity contribution in [3.63, 3.8) is 0 Å². The Labute approximate surface area is 149 Å². The van der Waals surface area contributed by atoms with Gasteiger partial charge in [-0.1, -0.05) is 30.3 Å². The van der Waals surface area contributed by atoms with E-state index in [1.54, 1.807) is 10.6 Å². The SMILES string of the molecule is C[C@@H](Cn1c(=O)oc2ccccc21)NC(=O)Cc1c[nH]c2ccccc12. The largest absolute Gasteiger partial charge is 0.420 e. The number of carbonyl (C=O) groups excluding carboxylic acids is 1. The van der Waals surface area contributed by atoms with Gasteiger partial charge in [0.15, 0.2) is 5.58 Å². The van der Waals surface area contributed by atoms with Crippen LogP contribution >= 0.6 is 0 Å². The Hall–Kier alpha value is -3.28. The van der Waals surface area contributed by atoms with E-state index < -0.39 is 5.76 Å². The molecule has 4 rings (SSSR count). The standard InChI is InChI=1S/C20H19N3O3/c1-13(12-23-17-8-4-5-9-18(17)26-20(23)25)22-19(24)10-14-11-21-16-7-3-2-6-15(14)16/h2-9,11,13,21H,10,12H2,1H3,(H,22,24)/t13-/m0/s1. The number of carbonyl (C=O) groups is 1. The second-order valence-corrected chi connectivity index (χ2v) is 6.45. The van der Waals surface area contributed by atoms with E-state index in [1.165, 1.54) is 0 Å². The number of rotatable bonds is 5. The van der Waals surface area contributed by atoms with Gasteiger partial charge in [-0.2, -0.15) is 0 Å². The highest BCUT2D eigenvalue weighted by Gasteiger charge is 2.15. The number of aromatic nitrogens is 2. The van der Waals surface area contributed by atoms with E-state index in [9.17, 15) is 9.59 Å². The molecule has 4 aromatic rings. The van der Waals surface area contributed by atoms with Gasteiger partial charge in [0.25, 0.3) is 0 Å². The second kappa shape index (κ2) is 6.55. The molecule has 1 amide bonds. The van der Waals surface area contributed by atoms with Crippen molar-refractivity contribution >= 4 is 27.9 Å². The van der Waals surface area contributed by atoms with Gasteiger partial charge in [0, 0.05) is 29.7 Å². The van der Waals surface area contributed by atoms with E-state index in [0.717, 1.165) is 22.0 Å². The minimum Gasteiger partial charge on any atom is -0.408 e. The zero-order valence-corrected chi connectivity index (χ0v) is 14.4. The molecule has 2 aromatic carbocycles. The predicted octanol–water partition coefficient (Wildman–Crippen LogP) is 2.82. The second-order valence-electron chi connectivity index (χ2n) is 6.45. The van der Waals surface area contributed by atoms with Gasteiger partial charge in [-0.25, -0.2) is 4.79 Å². The average molecular weight is 349 g/mol. The molecular formula is C20H19N3O3. The molecule has 0 aliphatic heterocycles. The van der Waals surface area contributed by atoms with Gasteiger partial charge >= 0.3 is 5.76 Å². The quantitative estimate of drug-likeness (QED) is 0.581. The van der Waals surface area contributed by atoms with Crippen LogP contribution in [0.5, 0.6) is 0 Å². The fourth-order valence-electron chi connectivity index (χ4n) is 3.28. The topological polar surface area (TPSA) is 80.0 Å². The van der Waals surface area contributed by atoms with Crippen molar-refractivity contribution in [2.75, 3.05) is 0 Å². The molecule has 6 heteroatoms. The lowest BCUT2D eigenvalue weighted by Gasteiger charge is -2.14. The summed E-state index contributed by atoms with van der Waals surface area (Å²) < 4.78 is 6.78. The lowest BCUT2D eigenvalue weighted by molar-refractivity contribution is -0.121. The number of nitrogens with zero attached hydrogens (tertiary/aromatic N) is 1. The first kappa shape index (κ1) is 16.2. The van der Waals surface area contributed by atoms with Crippen LogP contribution in [0.3, 0.4) is 0 Å². The maximum absolute atomic E-state index is 12.4. The first-order valence-corrected chi connectivity index (χ1v) is 8.54. The third-order valence-electron chi connectivity index (χ3n) is 4.46. The summed E-state index contributed by atoms with van der Waals surface area (Å²) in [6.45, 7) is 2.23. The smallest absolute Gasteiger partial charge is 0.408 e. The zero-order chi connectivity index (χ0) is 18.1. The molecule has 0 unspecified atom stereocenters. The molecule has 6 nitrogen and oxygen atoms in total. The van der Waals surface area contributed by atoms with Crippen LogP contribution in [0, 0.1) is 0 Å². The van der Waals surface area contributed by atoms with Crippen LogP contribution in [0.4, 0.5) is 0 Å². The summed E-state index contributed by atoms with van der Waals surface area (Å²) in [7, 11) is 0. The molecule has 0 radical (unpaired) electrons. The van der Waals surface area contributed by atoms with Crippen LogP contribution in [0.2, 0.25) is 0 Å². The summed E-state index contributed by atoms with van der Waals surface area (Å²) in [5.74, 6) is -0.493. The number of benzene rings is 2. The molecule has 132 valence electrons. The number of fused-ring (bicyclic) bond motifs is 2. The molecule has 0 fully saturated rings. The Morgan fingerprint density at radius 3 is 2.85 bits per heavy atom. The van der Waals surface area contributed by atoms with Crippen molar-refractivity contribution < 1.29 is 9.21 Å². The van der Waals surface area contributed by atoms with Gasteiger partial charge in [-0.3, -0.25) is 9.36 Å². The molecule has 2 N–H and O–H groups in total. The van der Waals surface area contributed by atoms with Crippen molar-refractivity contribution in [1.29, 1.82) is 0 Å². The molecular weight excluding hydrogens is 330 g/mol. The van der Waals surface area contributed by atoms with E-state index in [1.807, 2.05) is 55.6 Å². The fraction of sp³-hybridized carbons (Fsp3) is 0.200. The summed E-state index contributed by atoms with van der Waals surface area (Å²) in [4.78, 5) is 27.6. The molecule has 0 aliphatic rings. The Morgan fingerprint density at radius 1 is 1.19 bits per heavy atom. The Kier molecular flexibility index (Phi) is 4.08. The van der Waals surface area contributed by atoms with Crippen LogP contribution in [-0.4, -0.2) is 21.5 Å². The lowest BCUT2D eigenvalue weighted by atomic mass is 10.1. The van der Waals surface area contributed by atoms with Crippen LogP contribution in [0.15, 0.2) is 63.9 Å². The number of nitrogens with one attached hydrogen (secondary N) is 2. The first-order chi connectivity index (χ1) is 12.6. The molecule has 1 atom stereocenters. The molecule has 2 aromatic heterocycles. The molecule has 2 heterocycles. The van der Waals surface area contributed by atoms with Gasteiger partial charge in [0.05, 0.1) is 11.9 Å². The number of hydrogen-bond acceptors (Lipinski definition) is 3. The molecule has 0 saturated carbocycles. The summed E-state index contributed by atoms with van der Waals surface area (Å²) in [5, 5.41) is 4.01. The maximum Gasteiger partial charge on any atom is 0.420 e. The number of amides is 1. The molecule has 0 bridgehead atoms. The van der Waals surface area contributed by atoms with Crippen molar-refractivity contribution in [1.82, 2.24) is 14.9 Å². The van der Waals surface area contributed by atoms with Gasteiger partial charge in [0.2, 0.25) is 5.91 Å². The van der Waals surface area contributed by atoms with Crippen molar-refractivity contribution in [2.45, 2.75) is 25.9 Å². The van der Waals surface area contributed by atoms with Gasteiger partial charge < -0.3 is 14.7 Å². The van der Waals surface area contributed by atoms with Crippen LogP contribution in [0.25, 0.3) is 22.0 Å². The lowest BCUT2D eigenvalue weighted by Crippen LogP contribution is -2.38. The monoisotopic (exact) mass is 349 g/mol. The first-order valence-electron chi connectivity index (χ1n) is 8.54. The predicted molar refractivity (Wildman–Crippen MR) is 100 cm³/mol. The maximum atomic E-state index is 12.4. The summed E-state index contributed by atoms with van der Waals surface area (Å²) >= 11 is 0. The van der Waals surface area contributed by atoms with Gasteiger partial charge in [-0.15, -0.1) is 0 Å². The Morgan fingerprint density at radius 2 is 1.96 bits per heavy atom. The van der Waals surface area contributed by atoms with E-state index in [4.69, 9.17) is 4.42 Å². The van der Waals surface area contributed by atoms with Crippen molar-refractivity contribution in [3.05, 3.63) is 70.8 Å². The molecule has 0 aliphatic carbocycles. The molecule has 26 heavy (non-hydrogen) atoms. The van der Waals surface area contributed by atoms with E-state index in [2.05, 4.69) is 10.3 Å². The third-order valence-corrected chi connectivity index (χ3v) is 4.46. The van der Waals surface area contributed by atoms with Gasteiger partial charge in [-0.05, 0) is 30.7 Å². The minimum atomic E-state index is -0.413.